The Morgan fingerprint density at radius 3 is 2.62 bits per heavy atom. The lowest BCUT2D eigenvalue weighted by Crippen LogP contribution is -2.44. The zero-order valence-electron chi connectivity index (χ0n) is 12.9. The van der Waals surface area contributed by atoms with Gasteiger partial charge in [-0.1, -0.05) is 6.07 Å². The van der Waals surface area contributed by atoms with Gasteiger partial charge in [-0.25, -0.2) is 0 Å². The number of likely N-dealkylation sites (tertiary alicyclic amines) is 1. The lowest BCUT2D eigenvalue weighted by molar-refractivity contribution is -0.132. The minimum absolute atomic E-state index is 0.000975. The van der Waals surface area contributed by atoms with Crippen molar-refractivity contribution < 1.29 is 14.6 Å². The van der Waals surface area contributed by atoms with Crippen LogP contribution in [0.5, 0.6) is 11.5 Å². The van der Waals surface area contributed by atoms with Crippen molar-refractivity contribution in [2.75, 3.05) is 20.2 Å². The van der Waals surface area contributed by atoms with Gasteiger partial charge < -0.3 is 14.7 Å². The number of benzene rings is 1. The molecule has 1 heterocycles. The van der Waals surface area contributed by atoms with Crippen LogP contribution < -0.4 is 10.1 Å². The van der Waals surface area contributed by atoms with E-state index < -0.39 is 0 Å². The maximum Gasteiger partial charge on any atom is 0.239 e. The van der Waals surface area contributed by atoms with Gasteiger partial charge in [-0.15, -0.1) is 0 Å². The Kier molecular flexibility index (Phi) is 5.07. The molecule has 0 bridgehead atoms. The number of phenols is 1. The lowest BCUT2D eigenvalue weighted by Gasteiger charge is -2.24. The summed E-state index contributed by atoms with van der Waals surface area (Å²) in [5.74, 6) is 0.722. The van der Waals surface area contributed by atoms with E-state index in [0.717, 1.165) is 31.5 Å². The fourth-order valence-electron chi connectivity index (χ4n) is 2.72. The van der Waals surface area contributed by atoms with E-state index in [4.69, 9.17) is 4.74 Å². The monoisotopic (exact) mass is 292 g/mol. The third-order valence-electron chi connectivity index (χ3n) is 3.99. The van der Waals surface area contributed by atoms with Crippen LogP contribution in [0, 0.1) is 0 Å². The smallest absolute Gasteiger partial charge is 0.239 e. The molecule has 2 N–H and O–H groups in total. The zero-order chi connectivity index (χ0) is 15.4. The number of aromatic hydroxyl groups is 1. The number of nitrogens with one attached hydrogen (secondary N) is 1. The summed E-state index contributed by atoms with van der Waals surface area (Å²) in [4.78, 5) is 14.2. The standard InChI is InChI=1S/C16H24N2O3/c1-11(13-6-7-14(19)15(10-13)21-3)17-12(2)16(20)18-8-4-5-9-18/h6-7,10-12,17,19H,4-5,8-9H2,1-3H3. The molecule has 1 aliphatic rings. The number of hydrogen-bond acceptors (Lipinski definition) is 4. The fraction of sp³-hybridized carbons (Fsp3) is 0.562. The van der Waals surface area contributed by atoms with Crippen molar-refractivity contribution in [1.82, 2.24) is 10.2 Å². The van der Waals surface area contributed by atoms with Crippen molar-refractivity contribution in [2.45, 2.75) is 38.8 Å². The normalized spacial score (nSPS) is 17.6. The molecule has 2 unspecified atom stereocenters. The van der Waals surface area contributed by atoms with E-state index in [1.54, 1.807) is 12.1 Å². The van der Waals surface area contributed by atoms with Gasteiger partial charge in [0.1, 0.15) is 0 Å². The minimum Gasteiger partial charge on any atom is -0.504 e. The second kappa shape index (κ2) is 6.80. The molecule has 1 amide bonds. The van der Waals surface area contributed by atoms with E-state index in [1.807, 2.05) is 24.8 Å². The Labute approximate surface area is 125 Å². The third kappa shape index (κ3) is 3.67. The van der Waals surface area contributed by atoms with Gasteiger partial charge in [0.15, 0.2) is 11.5 Å². The van der Waals surface area contributed by atoms with Crippen LogP contribution in [0.25, 0.3) is 0 Å². The number of carbonyl (C=O) groups excluding carboxylic acids is 1. The topological polar surface area (TPSA) is 61.8 Å². The summed E-state index contributed by atoms with van der Waals surface area (Å²) in [5, 5.41) is 12.9. The number of phenolic OH excluding ortho intramolecular Hbond substituents is 1. The number of methoxy groups -OCH3 is 1. The predicted octanol–water partition coefficient (Wildman–Crippen LogP) is 2.06. The molecule has 2 rings (SSSR count). The molecule has 21 heavy (non-hydrogen) atoms. The van der Waals surface area contributed by atoms with Gasteiger partial charge in [0.05, 0.1) is 13.2 Å². The molecule has 0 radical (unpaired) electrons. The molecule has 0 saturated carbocycles. The van der Waals surface area contributed by atoms with Gasteiger partial charge in [-0.05, 0) is 44.4 Å². The van der Waals surface area contributed by atoms with Crippen LogP contribution >= 0.6 is 0 Å². The van der Waals surface area contributed by atoms with Crippen LogP contribution in [0.4, 0.5) is 0 Å². The van der Waals surface area contributed by atoms with Crippen LogP contribution in [0.15, 0.2) is 18.2 Å². The van der Waals surface area contributed by atoms with Crippen LogP contribution in [0.3, 0.4) is 0 Å². The van der Waals surface area contributed by atoms with Gasteiger partial charge in [-0.3, -0.25) is 10.1 Å². The van der Waals surface area contributed by atoms with Crippen LogP contribution in [-0.2, 0) is 4.79 Å². The van der Waals surface area contributed by atoms with E-state index >= 15 is 0 Å². The first-order chi connectivity index (χ1) is 10.0. The quantitative estimate of drug-likeness (QED) is 0.872. The van der Waals surface area contributed by atoms with E-state index in [0.29, 0.717) is 5.75 Å². The highest BCUT2D eigenvalue weighted by Crippen LogP contribution is 2.29. The van der Waals surface area contributed by atoms with Gasteiger partial charge in [0.2, 0.25) is 5.91 Å². The minimum atomic E-state index is -0.224. The molecule has 0 aliphatic carbocycles. The van der Waals surface area contributed by atoms with Crippen molar-refractivity contribution in [2.24, 2.45) is 0 Å². The second-order valence-electron chi connectivity index (χ2n) is 5.57. The molecule has 1 aromatic rings. The Bertz CT molecular complexity index is 498. The SMILES string of the molecule is COc1cc(C(C)NC(C)C(=O)N2CCCC2)ccc1O. The maximum atomic E-state index is 12.3. The first-order valence-electron chi connectivity index (χ1n) is 7.44. The van der Waals surface area contributed by atoms with Crippen molar-refractivity contribution in [3.63, 3.8) is 0 Å². The number of ether oxygens (including phenoxy) is 1. The number of hydrogen-bond donors (Lipinski definition) is 2. The van der Waals surface area contributed by atoms with Crippen LogP contribution in [-0.4, -0.2) is 42.2 Å². The van der Waals surface area contributed by atoms with E-state index in [1.165, 1.54) is 7.11 Å². The van der Waals surface area contributed by atoms with Crippen molar-refractivity contribution in [3.8, 4) is 11.5 Å². The molecule has 5 heteroatoms. The first-order valence-corrected chi connectivity index (χ1v) is 7.44. The van der Waals surface area contributed by atoms with E-state index in [2.05, 4.69) is 5.32 Å². The lowest BCUT2D eigenvalue weighted by atomic mass is 10.1. The number of amides is 1. The number of carbonyl (C=O) groups is 1. The molecule has 116 valence electrons. The predicted molar refractivity (Wildman–Crippen MR) is 81.5 cm³/mol. The number of rotatable bonds is 5. The molecule has 0 aromatic heterocycles. The maximum absolute atomic E-state index is 12.3. The highest BCUT2D eigenvalue weighted by atomic mass is 16.5. The van der Waals surface area contributed by atoms with Gasteiger partial charge >= 0.3 is 0 Å². The van der Waals surface area contributed by atoms with Gasteiger partial charge in [-0.2, -0.15) is 0 Å². The summed E-state index contributed by atoms with van der Waals surface area (Å²) >= 11 is 0. The summed E-state index contributed by atoms with van der Waals surface area (Å²) in [7, 11) is 1.52. The van der Waals surface area contributed by atoms with Crippen molar-refractivity contribution in [1.29, 1.82) is 0 Å². The van der Waals surface area contributed by atoms with Gasteiger partial charge in [0, 0.05) is 19.1 Å². The molecular weight excluding hydrogens is 268 g/mol. The third-order valence-corrected chi connectivity index (χ3v) is 3.99. The van der Waals surface area contributed by atoms with E-state index in [-0.39, 0.29) is 23.7 Å². The fourth-order valence-corrected chi connectivity index (χ4v) is 2.72. The average Bonchev–Trinajstić information content (AvgIpc) is 3.00. The zero-order valence-corrected chi connectivity index (χ0v) is 12.9. The highest BCUT2D eigenvalue weighted by molar-refractivity contribution is 5.81. The average molecular weight is 292 g/mol. The summed E-state index contributed by atoms with van der Waals surface area (Å²) in [5.41, 5.74) is 0.978. The Balaban J connectivity index is 1.99. The molecule has 1 saturated heterocycles. The van der Waals surface area contributed by atoms with Crippen molar-refractivity contribution >= 4 is 5.91 Å². The molecule has 5 nitrogen and oxygen atoms in total. The molecule has 1 aromatic carbocycles. The first kappa shape index (κ1) is 15.6. The number of nitrogens with zero attached hydrogens (tertiary/aromatic N) is 1. The molecular formula is C16H24N2O3. The molecule has 2 atom stereocenters. The van der Waals surface area contributed by atoms with Gasteiger partial charge in [0.25, 0.3) is 0 Å². The van der Waals surface area contributed by atoms with E-state index in [9.17, 15) is 9.90 Å². The largest absolute Gasteiger partial charge is 0.504 e. The second-order valence-corrected chi connectivity index (χ2v) is 5.57. The Morgan fingerprint density at radius 1 is 1.33 bits per heavy atom. The summed E-state index contributed by atoms with van der Waals surface area (Å²) in [6.07, 6.45) is 2.20. The molecule has 0 spiro atoms. The summed E-state index contributed by atoms with van der Waals surface area (Å²) in [6.45, 7) is 5.63. The Morgan fingerprint density at radius 2 is 2.00 bits per heavy atom. The molecule has 1 fully saturated rings. The van der Waals surface area contributed by atoms with Crippen LogP contribution in [0.1, 0.15) is 38.3 Å². The summed E-state index contributed by atoms with van der Waals surface area (Å²) < 4.78 is 5.12. The summed E-state index contributed by atoms with van der Waals surface area (Å²) in [6, 6.07) is 5.01. The highest BCUT2D eigenvalue weighted by Gasteiger charge is 2.24. The molecule has 1 aliphatic heterocycles. The Hall–Kier alpha value is -1.75. The van der Waals surface area contributed by atoms with Crippen LogP contribution in [0.2, 0.25) is 0 Å². The van der Waals surface area contributed by atoms with Crippen molar-refractivity contribution in [3.05, 3.63) is 23.8 Å².